The molecular weight excluding hydrogens is 249 g/mol. The van der Waals surface area contributed by atoms with Gasteiger partial charge in [0, 0.05) is 0 Å². The molecule has 0 aliphatic rings. The largest absolute Gasteiger partial charge is 0.464 e. The van der Waals surface area contributed by atoms with E-state index in [0.29, 0.717) is 0 Å². The summed E-state index contributed by atoms with van der Waals surface area (Å²) in [5.41, 5.74) is -3.53. The van der Waals surface area contributed by atoms with Crippen molar-refractivity contribution >= 4 is 5.97 Å². The standard InChI is InChI=1S/C12H13F3O3/c1-3-18-11(16)10(15)12(2,17)9-7(13)5-4-6-8(9)14/h4-6,10,17H,3H2,1-2H3. The van der Waals surface area contributed by atoms with Gasteiger partial charge in [-0.3, -0.25) is 0 Å². The molecule has 3 nitrogen and oxygen atoms in total. The SMILES string of the molecule is CCOC(=O)C(F)C(C)(O)c1c(F)cccc1F. The van der Waals surface area contributed by atoms with Gasteiger partial charge in [0.15, 0.2) is 0 Å². The van der Waals surface area contributed by atoms with Crippen LogP contribution in [0.1, 0.15) is 19.4 Å². The number of aliphatic hydroxyl groups is 1. The van der Waals surface area contributed by atoms with Crippen molar-refractivity contribution in [2.24, 2.45) is 0 Å². The smallest absolute Gasteiger partial charge is 0.344 e. The van der Waals surface area contributed by atoms with Crippen molar-refractivity contribution in [3.05, 3.63) is 35.4 Å². The van der Waals surface area contributed by atoms with Gasteiger partial charge >= 0.3 is 5.97 Å². The maximum Gasteiger partial charge on any atom is 0.344 e. The molecule has 0 radical (unpaired) electrons. The molecule has 2 atom stereocenters. The van der Waals surface area contributed by atoms with Gasteiger partial charge in [-0.1, -0.05) is 6.07 Å². The highest BCUT2D eigenvalue weighted by Gasteiger charge is 2.44. The zero-order chi connectivity index (χ0) is 13.9. The molecule has 0 aromatic heterocycles. The summed E-state index contributed by atoms with van der Waals surface area (Å²) in [6.07, 6.45) is -2.58. The number of hydrogen-bond donors (Lipinski definition) is 1. The van der Waals surface area contributed by atoms with Gasteiger partial charge in [0.05, 0.1) is 12.2 Å². The lowest BCUT2D eigenvalue weighted by Gasteiger charge is -2.26. The summed E-state index contributed by atoms with van der Waals surface area (Å²) in [6.45, 7) is 2.16. The molecule has 100 valence electrons. The van der Waals surface area contributed by atoms with E-state index in [1.807, 2.05) is 0 Å². The van der Waals surface area contributed by atoms with Crippen LogP contribution in [0.3, 0.4) is 0 Å². The van der Waals surface area contributed by atoms with Crippen molar-refractivity contribution in [2.45, 2.75) is 25.6 Å². The molecule has 1 aromatic carbocycles. The molecular formula is C12H13F3O3. The Morgan fingerprint density at radius 1 is 1.44 bits per heavy atom. The third-order valence-electron chi connectivity index (χ3n) is 2.46. The molecule has 0 amide bonds. The van der Waals surface area contributed by atoms with E-state index in [-0.39, 0.29) is 6.61 Å². The van der Waals surface area contributed by atoms with E-state index in [1.54, 1.807) is 0 Å². The number of esters is 1. The van der Waals surface area contributed by atoms with Crippen molar-refractivity contribution in [3.63, 3.8) is 0 Å². The number of rotatable bonds is 4. The highest BCUT2D eigenvalue weighted by molar-refractivity contribution is 5.76. The Labute approximate surface area is 102 Å². The van der Waals surface area contributed by atoms with Gasteiger partial charge in [0.25, 0.3) is 0 Å². The molecule has 0 aliphatic heterocycles. The van der Waals surface area contributed by atoms with Crippen LogP contribution in [-0.4, -0.2) is 23.9 Å². The summed E-state index contributed by atoms with van der Waals surface area (Å²) in [4.78, 5) is 11.2. The van der Waals surface area contributed by atoms with Crippen molar-refractivity contribution < 1.29 is 27.8 Å². The number of benzene rings is 1. The second kappa shape index (κ2) is 5.39. The van der Waals surface area contributed by atoms with Crippen molar-refractivity contribution in [1.29, 1.82) is 0 Å². The lowest BCUT2D eigenvalue weighted by molar-refractivity contribution is -0.160. The number of halogens is 3. The molecule has 0 saturated heterocycles. The van der Waals surface area contributed by atoms with Gasteiger partial charge in [0.2, 0.25) is 6.17 Å². The van der Waals surface area contributed by atoms with E-state index >= 15 is 0 Å². The number of carbonyl (C=O) groups excluding carboxylic acids is 1. The number of hydrogen-bond acceptors (Lipinski definition) is 3. The maximum absolute atomic E-state index is 13.7. The fourth-order valence-electron chi connectivity index (χ4n) is 1.55. The zero-order valence-electron chi connectivity index (χ0n) is 9.91. The Morgan fingerprint density at radius 2 is 1.94 bits per heavy atom. The van der Waals surface area contributed by atoms with Crippen LogP contribution in [0.5, 0.6) is 0 Å². The average Bonchev–Trinajstić information content (AvgIpc) is 2.27. The number of ether oxygens (including phenoxy) is 1. The quantitative estimate of drug-likeness (QED) is 0.845. The third kappa shape index (κ3) is 2.64. The molecule has 18 heavy (non-hydrogen) atoms. The van der Waals surface area contributed by atoms with Crippen LogP contribution in [0.4, 0.5) is 13.2 Å². The van der Waals surface area contributed by atoms with E-state index in [1.165, 1.54) is 6.92 Å². The van der Waals surface area contributed by atoms with Crippen LogP contribution in [0.2, 0.25) is 0 Å². The predicted octanol–water partition coefficient (Wildman–Crippen LogP) is 2.07. The van der Waals surface area contributed by atoms with Gasteiger partial charge in [-0.05, 0) is 26.0 Å². The topological polar surface area (TPSA) is 46.5 Å². The molecule has 1 aromatic rings. The molecule has 0 saturated carbocycles. The minimum absolute atomic E-state index is 0.102. The van der Waals surface area contributed by atoms with Crippen LogP contribution >= 0.6 is 0 Å². The lowest BCUT2D eigenvalue weighted by atomic mass is 9.90. The summed E-state index contributed by atoms with van der Waals surface area (Å²) in [7, 11) is 0. The van der Waals surface area contributed by atoms with Crippen LogP contribution in [0.25, 0.3) is 0 Å². The predicted molar refractivity (Wildman–Crippen MR) is 57.5 cm³/mol. The summed E-state index contributed by atoms with van der Waals surface area (Å²) < 4.78 is 45.0. The molecule has 0 aliphatic carbocycles. The summed E-state index contributed by atoms with van der Waals surface area (Å²) >= 11 is 0. The minimum atomic E-state index is -2.64. The fourth-order valence-corrected chi connectivity index (χ4v) is 1.55. The molecule has 0 bridgehead atoms. The first kappa shape index (κ1) is 14.5. The highest BCUT2D eigenvalue weighted by Crippen LogP contribution is 2.31. The Kier molecular flexibility index (Phi) is 4.34. The first-order chi connectivity index (χ1) is 8.32. The summed E-state index contributed by atoms with van der Waals surface area (Å²) in [6, 6.07) is 2.80. The molecule has 0 fully saturated rings. The van der Waals surface area contributed by atoms with Gasteiger partial charge in [-0.25, -0.2) is 18.0 Å². The minimum Gasteiger partial charge on any atom is -0.464 e. The molecule has 2 unspecified atom stereocenters. The Hall–Kier alpha value is -1.56. The summed E-state index contributed by atoms with van der Waals surface area (Å²) in [5, 5.41) is 9.86. The van der Waals surface area contributed by atoms with Crippen molar-refractivity contribution in [3.8, 4) is 0 Å². The zero-order valence-corrected chi connectivity index (χ0v) is 9.91. The molecule has 6 heteroatoms. The van der Waals surface area contributed by atoms with E-state index in [9.17, 15) is 23.1 Å². The van der Waals surface area contributed by atoms with Crippen LogP contribution in [0, 0.1) is 11.6 Å². The molecule has 1 rings (SSSR count). The van der Waals surface area contributed by atoms with E-state index < -0.39 is 34.9 Å². The van der Waals surface area contributed by atoms with Gasteiger partial charge in [0.1, 0.15) is 17.2 Å². The first-order valence-electron chi connectivity index (χ1n) is 5.30. The molecule has 1 N–H and O–H groups in total. The normalized spacial score (nSPS) is 15.9. The highest BCUT2D eigenvalue weighted by atomic mass is 19.1. The van der Waals surface area contributed by atoms with E-state index in [4.69, 9.17) is 0 Å². The van der Waals surface area contributed by atoms with Crippen LogP contribution in [0.15, 0.2) is 18.2 Å². The van der Waals surface area contributed by atoms with E-state index in [2.05, 4.69) is 4.74 Å². The maximum atomic E-state index is 13.7. The lowest BCUT2D eigenvalue weighted by Crippen LogP contribution is -2.41. The fraction of sp³-hybridized carbons (Fsp3) is 0.417. The second-order valence-corrected chi connectivity index (χ2v) is 3.86. The molecule has 0 heterocycles. The van der Waals surface area contributed by atoms with Crippen LogP contribution < -0.4 is 0 Å². The summed E-state index contributed by atoms with van der Waals surface area (Å²) in [5.74, 6) is -3.64. The van der Waals surface area contributed by atoms with Gasteiger partial charge < -0.3 is 9.84 Å². The third-order valence-corrected chi connectivity index (χ3v) is 2.46. The Balaban J connectivity index is 3.16. The first-order valence-corrected chi connectivity index (χ1v) is 5.30. The van der Waals surface area contributed by atoms with Gasteiger partial charge in [-0.15, -0.1) is 0 Å². The Bertz CT molecular complexity index is 426. The second-order valence-electron chi connectivity index (χ2n) is 3.86. The number of carbonyl (C=O) groups is 1. The van der Waals surface area contributed by atoms with Crippen LogP contribution in [-0.2, 0) is 15.1 Å². The molecule has 0 spiro atoms. The van der Waals surface area contributed by atoms with Crippen molar-refractivity contribution in [2.75, 3.05) is 6.61 Å². The monoisotopic (exact) mass is 262 g/mol. The average molecular weight is 262 g/mol. The van der Waals surface area contributed by atoms with Crippen molar-refractivity contribution in [1.82, 2.24) is 0 Å². The number of alkyl halides is 1. The Morgan fingerprint density at radius 3 is 2.39 bits per heavy atom. The van der Waals surface area contributed by atoms with E-state index in [0.717, 1.165) is 25.1 Å². The van der Waals surface area contributed by atoms with Gasteiger partial charge in [-0.2, -0.15) is 0 Å².